The number of rotatable bonds is 7. The largest absolute Gasteiger partial charge is 0.379 e. The van der Waals surface area contributed by atoms with Crippen LogP contribution in [0, 0.1) is 5.92 Å². The van der Waals surface area contributed by atoms with Gasteiger partial charge in [-0.2, -0.15) is 0 Å². The number of thiazole rings is 1. The van der Waals surface area contributed by atoms with Crippen LogP contribution in [0.1, 0.15) is 12.5 Å². The van der Waals surface area contributed by atoms with Gasteiger partial charge in [-0.3, -0.25) is 9.62 Å². The average Bonchev–Trinajstić information content (AvgIpc) is 3.33. The molecule has 1 aliphatic rings. The number of nitrogens with one attached hydrogen (secondary N) is 2. The van der Waals surface area contributed by atoms with E-state index < -0.39 is 10.0 Å². The van der Waals surface area contributed by atoms with Gasteiger partial charge in [-0.15, -0.1) is 11.3 Å². The van der Waals surface area contributed by atoms with Crippen molar-refractivity contribution in [2.45, 2.75) is 24.4 Å². The molecule has 6 nitrogen and oxygen atoms in total. The zero-order chi connectivity index (χ0) is 21.1. The first kappa shape index (κ1) is 21.1. The first-order valence-corrected chi connectivity index (χ1v) is 12.4. The number of benzene rings is 2. The molecule has 0 radical (unpaired) electrons. The molecule has 1 aromatic heterocycles. The standard InChI is InChI=1S/C21H23ClN4O2S2/c1-15-12-26(13-16-5-3-2-4-6-16)14-20(15)24-19-8-7-17(11-18(19)22)30(27,28)25-21-23-9-10-29-21/h2-11,15,20,24H,12-14H2,1H3,(H,23,25)/t15-,20-/m0/s1. The van der Waals surface area contributed by atoms with Gasteiger partial charge in [0.2, 0.25) is 0 Å². The van der Waals surface area contributed by atoms with Gasteiger partial charge in [0, 0.05) is 37.3 Å². The van der Waals surface area contributed by atoms with Crippen molar-refractivity contribution in [1.29, 1.82) is 0 Å². The molecule has 0 bridgehead atoms. The molecule has 3 aromatic rings. The normalized spacial score (nSPS) is 19.7. The van der Waals surface area contributed by atoms with Crippen molar-refractivity contribution in [3.05, 3.63) is 70.7 Å². The van der Waals surface area contributed by atoms with Crippen LogP contribution < -0.4 is 10.0 Å². The summed E-state index contributed by atoms with van der Waals surface area (Å²) in [6.07, 6.45) is 1.55. The molecule has 2 atom stereocenters. The zero-order valence-electron chi connectivity index (χ0n) is 16.5. The second-order valence-electron chi connectivity index (χ2n) is 7.49. The zero-order valence-corrected chi connectivity index (χ0v) is 18.8. The summed E-state index contributed by atoms with van der Waals surface area (Å²) in [5.74, 6) is 0.444. The maximum atomic E-state index is 12.5. The minimum atomic E-state index is -3.73. The third-order valence-corrected chi connectivity index (χ3v) is 7.65. The van der Waals surface area contributed by atoms with Gasteiger partial charge in [-0.1, -0.05) is 48.9 Å². The Morgan fingerprint density at radius 2 is 2.00 bits per heavy atom. The Hall–Kier alpha value is -2.13. The molecule has 2 N–H and O–H groups in total. The highest BCUT2D eigenvalue weighted by molar-refractivity contribution is 7.93. The lowest BCUT2D eigenvalue weighted by atomic mass is 10.1. The maximum Gasteiger partial charge on any atom is 0.263 e. The lowest BCUT2D eigenvalue weighted by Crippen LogP contribution is -2.28. The van der Waals surface area contributed by atoms with Crippen LogP contribution in [-0.4, -0.2) is 37.4 Å². The number of sulfonamides is 1. The van der Waals surface area contributed by atoms with Crippen molar-refractivity contribution in [2.24, 2.45) is 5.92 Å². The second-order valence-corrected chi connectivity index (χ2v) is 10.5. The quantitative estimate of drug-likeness (QED) is 0.539. The van der Waals surface area contributed by atoms with E-state index in [1.165, 1.54) is 23.0 Å². The van der Waals surface area contributed by atoms with Crippen LogP contribution >= 0.6 is 22.9 Å². The molecule has 158 valence electrons. The van der Waals surface area contributed by atoms with E-state index in [1.54, 1.807) is 23.7 Å². The number of halogens is 1. The Balaban J connectivity index is 1.42. The highest BCUT2D eigenvalue weighted by Gasteiger charge is 2.30. The summed E-state index contributed by atoms with van der Waals surface area (Å²) >= 11 is 7.65. The van der Waals surface area contributed by atoms with Gasteiger partial charge >= 0.3 is 0 Å². The number of hydrogen-bond acceptors (Lipinski definition) is 6. The molecule has 1 saturated heterocycles. The van der Waals surface area contributed by atoms with Crippen molar-refractivity contribution in [2.75, 3.05) is 23.1 Å². The predicted octanol–water partition coefficient (Wildman–Crippen LogP) is 4.53. The lowest BCUT2D eigenvalue weighted by Gasteiger charge is -2.20. The molecule has 0 saturated carbocycles. The highest BCUT2D eigenvalue weighted by atomic mass is 35.5. The van der Waals surface area contributed by atoms with Crippen molar-refractivity contribution in [3.8, 4) is 0 Å². The van der Waals surface area contributed by atoms with Gasteiger partial charge in [-0.25, -0.2) is 13.4 Å². The Labute approximate surface area is 186 Å². The highest BCUT2D eigenvalue weighted by Crippen LogP contribution is 2.30. The van der Waals surface area contributed by atoms with E-state index in [1.807, 2.05) is 6.07 Å². The smallest absolute Gasteiger partial charge is 0.263 e. The number of hydrogen-bond donors (Lipinski definition) is 2. The van der Waals surface area contributed by atoms with Crippen molar-refractivity contribution in [1.82, 2.24) is 9.88 Å². The van der Waals surface area contributed by atoms with Crippen molar-refractivity contribution < 1.29 is 8.42 Å². The summed E-state index contributed by atoms with van der Waals surface area (Å²) in [6, 6.07) is 15.4. The van der Waals surface area contributed by atoms with E-state index in [0.717, 1.165) is 25.3 Å². The average molecular weight is 463 g/mol. The summed E-state index contributed by atoms with van der Waals surface area (Å²) in [5, 5.41) is 5.92. The Morgan fingerprint density at radius 1 is 1.20 bits per heavy atom. The molecule has 0 amide bonds. The molecule has 0 unspecified atom stereocenters. The van der Waals surface area contributed by atoms with E-state index >= 15 is 0 Å². The predicted molar refractivity (Wildman–Crippen MR) is 123 cm³/mol. The maximum absolute atomic E-state index is 12.5. The summed E-state index contributed by atoms with van der Waals surface area (Å²) in [5.41, 5.74) is 2.04. The van der Waals surface area contributed by atoms with Gasteiger partial charge in [-0.05, 0) is 29.7 Å². The van der Waals surface area contributed by atoms with E-state index in [2.05, 4.69) is 51.1 Å². The molecule has 0 spiro atoms. The minimum Gasteiger partial charge on any atom is -0.379 e. The second kappa shape index (κ2) is 8.93. The van der Waals surface area contributed by atoms with Crippen LogP contribution in [-0.2, 0) is 16.6 Å². The fourth-order valence-corrected chi connectivity index (χ4v) is 5.77. The van der Waals surface area contributed by atoms with Gasteiger partial charge in [0.15, 0.2) is 5.13 Å². The fourth-order valence-electron chi connectivity index (χ4n) is 3.65. The summed E-state index contributed by atoms with van der Waals surface area (Å²) in [4.78, 5) is 6.49. The number of anilines is 2. The summed E-state index contributed by atoms with van der Waals surface area (Å²) < 4.78 is 27.6. The van der Waals surface area contributed by atoms with Gasteiger partial charge in [0.1, 0.15) is 0 Å². The van der Waals surface area contributed by atoms with E-state index in [-0.39, 0.29) is 10.9 Å². The topological polar surface area (TPSA) is 74.3 Å². The Kier molecular flexibility index (Phi) is 6.29. The Morgan fingerprint density at radius 3 is 2.70 bits per heavy atom. The van der Waals surface area contributed by atoms with Crippen LogP contribution in [0.25, 0.3) is 0 Å². The molecule has 30 heavy (non-hydrogen) atoms. The molecule has 4 rings (SSSR count). The van der Waals surface area contributed by atoms with Crippen LogP contribution in [0.2, 0.25) is 5.02 Å². The van der Waals surface area contributed by atoms with E-state index in [9.17, 15) is 8.42 Å². The van der Waals surface area contributed by atoms with Gasteiger partial charge in [0.05, 0.1) is 15.6 Å². The monoisotopic (exact) mass is 462 g/mol. The first-order valence-electron chi connectivity index (χ1n) is 9.65. The van der Waals surface area contributed by atoms with Crippen molar-refractivity contribution in [3.63, 3.8) is 0 Å². The molecular formula is C21H23ClN4O2S2. The SMILES string of the molecule is C[C@H]1CN(Cc2ccccc2)C[C@@H]1Nc1ccc(S(=O)(=O)Nc2nccs2)cc1Cl. The minimum absolute atomic E-state index is 0.110. The molecule has 0 aliphatic carbocycles. The number of nitrogens with zero attached hydrogens (tertiary/aromatic N) is 2. The van der Waals surface area contributed by atoms with Gasteiger partial charge in [0.25, 0.3) is 10.0 Å². The van der Waals surface area contributed by atoms with Crippen LogP contribution in [0.4, 0.5) is 10.8 Å². The molecule has 2 aromatic carbocycles. The third kappa shape index (κ3) is 4.95. The summed E-state index contributed by atoms with van der Waals surface area (Å²) in [7, 11) is -3.73. The molecule has 1 fully saturated rings. The molecular weight excluding hydrogens is 440 g/mol. The third-order valence-electron chi connectivity index (χ3n) is 5.18. The van der Waals surface area contributed by atoms with Crippen LogP contribution in [0.5, 0.6) is 0 Å². The number of aromatic nitrogens is 1. The van der Waals surface area contributed by atoms with E-state index in [4.69, 9.17) is 11.6 Å². The Bertz CT molecular complexity index is 1090. The number of likely N-dealkylation sites (tertiary alicyclic amines) is 1. The first-order chi connectivity index (χ1) is 14.4. The van der Waals surface area contributed by atoms with E-state index in [0.29, 0.717) is 16.1 Å². The fraction of sp³-hybridized carbons (Fsp3) is 0.286. The van der Waals surface area contributed by atoms with Crippen LogP contribution in [0.3, 0.4) is 0 Å². The van der Waals surface area contributed by atoms with Crippen LogP contribution in [0.15, 0.2) is 65.0 Å². The summed E-state index contributed by atoms with van der Waals surface area (Å²) in [6.45, 7) is 5.02. The van der Waals surface area contributed by atoms with Gasteiger partial charge < -0.3 is 5.32 Å². The molecule has 2 heterocycles. The molecule has 1 aliphatic heterocycles. The molecule has 9 heteroatoms. The lowest BCUT2D eigenvalue weighted by molar-refractivity contribution is 0.319. The van der Waals surface area contributed by atoms with Crippen molar-refractivity contribution >= 4 is 43.8 Å².